The maximum atomic E-state index is 11.4. The summed E-state index contributed by atoms with van der Waals surface area (Å²) in [5, 5.41) is 8.49. The number of hydrogen-bond donors (Lipinski definition) is 1. The summed E-state index contributed by atoms with van der Waals surface area (Å²) >= 11 is 0. The zero-order valence-electron chi connectivity index (χ0n) is 15.6. The molecule has 0 spiro atoms. The molecule has 1 fully saturated rings. The Morgan fingerprint density at radius 2 is 1.42 bits per heavy atom. The van der Waals surface area contributed by atoms with Crippen LogP contribution in [-0.4, -0.2) is 23.9 Å². The van der Waals surface area contributed by atoms with E-state index in [2.05, 4.69) is 11.8 Å². The van der Waals surface area contributed by atoms with Crippen LogP contribution in [0, 0.1) is 5.92 Å². The lowest BCUT2D eigenvalue weighted by Crippen LogP contribution is -2.25. The smallest absolute Gasteiger partial charge is 0.347 e. The van der Waals surface area contributed by atoms with Crippen LogP contribution in [0.2, 0.25) is 0 Å². The molecule has 1 saturated heterocycles. The Morgan fingerprint density at radius 3 is 1.92 bits per heavy atom. The van der Waals surface area contributed by atoms with E-state index < -0.39 is 5.97 Å². The summed E-state index contributed by atoms with van der Waals surface area (Å²) in [6, 6.07) is 0. The number of carbonyl (C=O) groups excluding carboxylic acids is 1. The van der Waals surface area contributed by atoms with Crippen LogP contribution in [0.1, 0.15) is 103 Å². The predicted molar refractivity (Wildman–Crippen MR) is 96.9 cm³/mol. The Hall–Kier alpha value is -0.610. The van der Waals surface area contributed by atoms with E-state index in [1.807, 2.05) is 0 Å². The third-order valence-electron chi connectivity index (χ3n) is 5.19. The molecular formula is C20H38O4. The fraction of sp³-hybridized carbons (Fsp3) is 0.950. The molecule has 4 nitrogen and oxygen atoms in total. The minimum atomic E-state index is -0.535. The van der Waals surface area contributed by atoms with Crippen molar-refractivity contribution in [2.45, 2.75) is 109 Å². The zero-order chi connectivity index (χ0) is 17.5. The van der Waals surface area contributed by atoms with E-state index in [4.69, 9.17) is 9.99 Å². The van der Waals surface area contributed by atoms with Crippen LogP contribution in [-0.2, 0) is 14.4 Å². The first-order valence-corrected chi connectivity index (χ1v) is 10.3. The highest BCUT2D eigenvalue weighted by Crippen LogP contribution is 2.26. The van der Waals surface area contributed by atoms with Gasteiger partial charge in [-0.25, -0.2) is 4.79 Å². The van der Waals surface area contributed by atoms with Crippen molar-refractivity contribution in [1.82, 2.24) is 0 Å². The Morgan fingerprint density at radius 1 is 0.917 bits per heavy atom. The summed E-state index contributed by atoms with van der Waals surface area (Å²) in [5.74, 6) is -0.806. The molecule has 1 aliphatic heterocycles. The van der Waals surface area contributed by atoms with Gasteiger partial charge < -0.3 is 9.62 Å². The molecular weight excluding hydrogens is 304 g/mol. The lowest BCUT2D eigenvalue weighted by Gasteiger charge is -2.15. The van der Waals surface area contributed by atoms with Crippen molar-refractivity contribution in [3.63, 3.8) is 0 Å². The molecule has 4 heteroatoms. The van der Waals surface area contributed by atoms with Crippen LogP contribution in [0.25, 0.3) is 0 Å². The first kappa shape index (κ1) is 21.4. The molecule has 0 radical (unpaired) electrons. The van der Waals surface area contributed by atoms with Gasteiger partial charge in [-0.15, -0.1) is 0 Å². The van der Waals surface area contributed by atoms with Gasteiger partial charge in [0.1, 0.15) is 0 Å². The lowest BCUT2D eigenvalue weighted by molar-refractivity contribution is -0.240. The Bertz CT molecular complexity index is 306. The topological polar surface area (TPSA) is 55.8 Å². The van der Waals surface area contributed by atoms with Crippen molar-refractivity contribution in [3.8, 4) is 0 Å². The summed E-state index contributed by atoms with van der Waals surface area (Å²) in [7, 11) is 0. The van der Waals surface area contributed by atoms with Crippen LogP contribution in [0.5, 0.6) is 0 Å². The van der Waals surface area contributed by atoms with Gasteiger partial charge in [-0.2, -0.15) is 5.26 Å². The molecule has 2 atom stereocenters. The van der Waals surface area contributed by atoms with Gasteiger partial charge in [-0.1, -0.05) is 90.4 Å². The molecule has 0 aromatic carbocycles. The molecule has 0 aliphatic carbocycles. The second kappa shape index (κ2) is 14.7. The van der Waals surface area contributed by atoms with Crippen molar-refractivity contribution in [2.75, 3.05) is 6.61 Å². The van der Waals surface area contributed by atoms with Crippen molar-refractivity contribution >= 4 is 5.97 Å². The molecule has 1 rings (SSSR count). The second-order valence-corrected chi connectivity index (χ2v) is 7.25. The number of hydrogen-bond acceptors (Lipinski definition) is 4. The highest BCUT2D eigenvalue weighted by atomic mass is 17.1. The molecule has 24 heavy (non-hydrogen) atoms. The van der Waals surface area contributed by atoms with Gasteiger partial charge in [0.25, 0.3) is 0 Å². The van der Waals surface area contributed by atoms with Crippen molar-refractivity contribution < 1.29 is 19.7 Å². The number of carbonyl (C=O) groups is 1. The first-order valence-electron chi connectivity index (χ1n) is 10.3. The Kier molecular flexibility index (Phi) is 13.1. The predicted octanol–water partition coefficient (Wildman–Crippen LogP) is 5.89. The largest absolute Gasteiger partial charge is 0.377 e. The summed E-state index contributed by atoms with van der Waals surface area (Å²) < 4.78 is 5.58. The molecule has 1 aliphatic rings. The van der Waals surface area contributed by atoms with E-state index in [1.165, 1.54) is 77.0 Å². The van der Waals surface area contributed by atoms with Crippen LogP contribution in [0.3, 0.4) is 0 Å². The van der Waals surface area contributed by atoms with Gasteiger partial charge >= 0.3 is 5.97 Å². The molecule has 142 valence electrons. The molecule has 1 heterocycles. The van der Waals surface area contributed by atoms with Crippen LogP contribution < -0.4 is 0 Å². The van der Waals surface area contributed by atoms with E-state index in [0.29, 0.717) is 13.0 Å². The Balaban J connectivity index is 1.84. The Labute approximate surface area is 148 Å². The van der Waals surface area contributed by atoms with Gasteiger partial charge in [-0.05, 0) is 12.8 Å². The molecule has 0 aromatic heterocycles. The average molecular weight is 343 g/mol. The minimum absolute atomic E-state index is 0.0580. The van der Waals surface area contributed by atoms with Gasteiger partial charge in [0.05, 0.1) is 12.0 Å². The standard InChI is InChI=1S/C20H38O4/c1-2-3-4-5-6-7-8-9-10-11-12-13-14-15-19-18(16-17-23-19)20(21)24-22/h18-19,22H,2-17H2,1H3. The maximum absolute atomic E-state index is 11.4. The number of ether oxygens (including phenoxy) is 1. The highest BCUT2D eigenvalue weighted by molar-refractivity contribution is 5.72. The molecule has 2 unspecified atom stereocenters. The third kappa shape index (κ3) is 9.63. The van der Waals surface area contributed by atoms with E-state index in [-0.39, 0.29) is 12.0 Å². The molecule has 0 aromatic rings. The number of unbranched alkanes of at least 4 members (excludes halogenated alkanes) is 12. The highest BCUT2D eigenvalue weighted by Gasteiger charge is 2.35. The fourth-order valence-electron chi connectivity index (χ4n) is 3.63. The molecule has 0 saturated carbocycles. The van der Waals surface area contributed by atoms with Crippen molar-refractivity contribution in [2.24, 2.45) is 5.92 Å². The third-order valence-corrected chi connectivity index (χ3v) is 5.19. The van der Waals surface area contributed by atoms with Crippen LogP contribution >= 0.6 is 0 Å². The lowest BCUT2D eigenvalue weighted by atomic mass is 9.96. The van der Waals surface area contributed by atoms with Crippen LogP contribution in [0.15, 0.2) is 0 Å². The van der Waals surface area contributed by atoms with Crippen molar-refractivity contribution in [3.05, 3.63) is 0 Å². The van der Waals surface area contributed by atoms with E-state index in [9.17, 15) is 4.79 Å². The molecule has 1 N–H and O–H groups in total. The zero-order valence-corrected chi connectivity index (χ0v) is 15.6. The quantitative estimate of drug-likeness (QED) is 0.229. The summed E-state index contributed by atoms with van der Waals surface area (Å²) in [5.41, 5.74) is 0. The van der Waals surface area contributed by atoms with Gasteiger partial charge in [0, 0.05) is 6.61 Å². The summed E-state index contributed by atoms with van der Waals surface area (Å²) in [6.45, 7) is 2.87. The van der Waals surface area contributed by atoms with E-state index >= 15 is 0 Å². The van der Waals surface area contributed by atoms with Gasteiger partial charge in [0.15, 0.2) is 0 Å². The fourth-order valence-corrected chi connectivity index (χ4v) is 3.63. The van der Waals surface area contributed by atoms with Gasteiger partial charge in [0.2, 0.25) is 0 Å². The van der Waals surface area contributed by atoms with Crippen LogP contribution in [0.4, 0.5) is 0 Å². The molecule has 0 amide bonds. The monoisotopic (exact) mass is 342 g/mol. The van der Waals surface area contributed by atoms with E-state index in [1.54, 1.807) is 0 Å². The minimum Gasteiger partial charge on any atom is -0.377 e. The maximum Gasteiger partial charge on any atom is 0.347 e. The molecule has 0 bridgehead atoms. The summed E-state index contributed by atoms with van der Waals surface area (Å²) in [4.78, 5) is 15.3. The average Bonchev–Trinajstić information content (AvgIpc) is 3.06. The SMILES string of the molecule is CCCCCCCCCCCCCCCC1OCCC1C(=O)OO. The normalized spacial score (nSPS) is 20.4. The van der Waals surface area contributed by atoms with Gasteiger partial charge in [-0.3, -0.25) is 0 Å². The van der Waals surface area contributed by atoms with Crippen molar-refractivity contribution in [1.29, 1.82) is 0 Å². The second-order valence-electron chi connectivity index (χ2n) is 7.25. The first-order chi connectivity index (χ1) is 11.8. The van der Waals surface area contributed by atoms with E-state index in [0.717, 1.165) is 12.8 Å². The summed E-state index contributed by atoms with van der Waals surface area (Å²) in [6.07, 6.45) is 18.9. The number of rotatable bonds is 15.